The molecule has 2 heterocycles. The SMILES string of the molecule is CCCc1noc(CN2C(=O)N[C@](C)(c3ccccc3F)C2=O)n1. The van der Waals surface area contributed by atoms with Gasteiger partial charge in [0.15, 0.2) is 5.82 Å². The minimum Gasteiger partial charge on any atom is -0.337 e. The first kappa shape index (κ1) is 16.1. The van der Waals surface area contributed by atoms with Crippen LogP contribution in [0, 0.1) is 5.82 Å². The van der Waals surface area contributed by atoms with E-state index in [9.17, 15) is 14.0 Å². The van der Waals surface area contributed by atoms with Crippen LogP contribution in [0.1, 0.15) is 37.5 Å². The van der Waals surface area contributed by atoms with Gasteiger partial charge in [-0.1, -0.05) is 30.3 Å². The highest BCUT2D eigenvalue weighted by molar-refractivity contribution is 6.07. The van der Waals surface area contributed by atoms with Gasteiger partial charge in [0, 0.05) is 12.0 Å². The smallest absolute Gasteiger partial charge is 0.325 e. The zero-order chi connectivity index (χ0) is 17.3. The van der Waals surface area contributed by atoms with Gasteiger partial charge >= 0.3 is 6.03 Å². The molecule has 1 atom stereocenters. The number of rotatable bonds is 5. The van der Waals surface area contributed by atoms with Gasteiger partial charge in [-0.25, -0.2) is 9.18 Å². The topological polar surface area (TPSA) is 88.3 Å². The van der Waals surface area contributed by atoms with Crippen LogP contribution in [0.15, 0.2) is 28.8 Å². The zero-order valence-electron chi connectivity index (χ0n) is 13.4. The number of carbonyl (C=O) groups is 2. The van der Waals surface area contributed by atoms with Gasteiger partial charge in [0.25, 0.3) is 5.91 Å². The normalized spacial score (nSPS) is 20.5. The number of halogens is 1. The molecule has 1 aromatic carbocycles. The van der Waals surface area contributed by atoms with Gasteiger partial charge in [-0.15, -0.1) is 0 Å². The maximum Gasteiger partial charge on any atom is 0.325 e. The summed E-state index contributed by atoms with van der Waals surface area (Å²) in [7, 11) is 0. The van der Waals surface area contributed by atoms with Crippen LogP contribution in [-0.4, -0.2) is 27.0 Å². The predicted molar refractivity (Wildman–Crippen MR) is 81.1 cm³/mol. The molecule has 0 bridgehead atoms. The first-order chi connectivity index (χ1) is 11.5. The Morgan fingerprint density at radius 1 is 1.33 bits per heavy atom. The second-order valence-electron chi connectivity index (χ2n) is 5.78. The molecule has 0 unspecified atom stereocenters. The molecule has 0 spiro atoms. The third-order valence-electron chi connectivity index (χ3n) is 3.96. The highest BCUT2D eigenvalue weighted by Crippen LogP contribution is 2.31. The average Bonchev–Trinajstić information content (AvgIpc) is 3.07. The Hall–Kier alpha value is -2.77. The summed E-state index contributed by atoms with van der Waals surface area (Å²) in [5.74, 6) is -0.428. The molecule has 3 amide bonds. The Morgan fingerprint density at radius 2 is 2.08 bits per heavy atom. The number of carbonyl (C=O) groups excluding carboxylic acids is 2. The van der Waals surface area contributed by atoms with Crippen LogP contribution in [-0.2, 0) is 23.3 Å². The summed E-state index contributed by atoms with van der Waals surface area (Å²) in [5, 5.41) is 6.34. The number of amides is 3. The van der Waals surface area contributed by atoms with Crippen molar-refractivity contribution in [3.63, 3.8) is 0 Å². The Labute approximate surface area is 137 Å². The van der Waals surface area contributed by atoms with Crippen LogP contribution in [0.3, 0.4) is 0 Å². The lowest BCUT2D eigenvalue weighted by Crippen LogP contribution is -2.41. The van der Waals surface area contributed by atoms with Crippen molar-refractivity contribution in [2.24, 2.45) is 0 Å². The van der Waals surface area contributed by atoms with Crippen LogP contribution in [0.2, 0.25) is 0 Å². The van der Waals surface area contributed by atoms with E-state index < -0.39 is 23.3 Å². The van der Waals surface area contributed by atoms with Crippen LogP contribution < -0.4 is 5.32 Å². The van der Waals surface area contributed by atoms with Crippen molar-refractivity contribution in [1.29, 1.82) is 0 Å². The molecule has 1 fully saturated rings. The van der Waals surface area contributed by atoms with Crippen molar-refractivity contribution in [1.82, 2.24) is 20.4 Å². The number of nitrogens with zero attached hydrogens (tertiary/aromatic N) is 3. The number of nitrogens with one attached hydrogen (secondary N) is 1. The lowest BCUT2D eigenvalue weighted by Gasteiger charge is -2.22. The van der Waals surface area contributed by atoms with Gasteiger partial charge in [0.1, 0.15) is 17.9 Å². The van der Waals surface area contributed by atoms with E-state index in [1.54, 1.807) is 6.07 Å². The van der Waals surface area contributed by atoms with E-state index in [1.807, 2.05) is 6.92 Å². The van der Waals surface area contributed by atoms with Crippen LogP contribution in [0.25, 0.3) is 0 Å². The number of hydrogen-bond acceptors (Lipinski definition) is 5. The Morgan fingerprint density at radius 3 is 2.79 bits per heavy atom. The first-order valence-corrected chi connectivity index (χ1v) is 7.66. The van der Waals surface area contributed by atoms with Gasteiger partial charge in [-0.05, 0) is 19.4 Å². The van der Waals surface area contributed by atoms with Gasteiger partial charge in [-0.3, -0.25) is 9.69 Å². The summed E-state index contributed by atoms with van der Waals surface area (Å²) in [6.45, 7) is 3.31. The third-order valence-corrected chi connectivity index (χ3v) is 3.96. The van der Waals surface area contributed by atoms with Crippen molar-refractivity contribution < 1.29 is 18.5 Å². The van der Waals surface area contributed by atoms with E-state index in [0.29, 0.717) is 12.2 Å². The Balaban J connectivity index is 1.85. The fraction of sp³-hybridized carbons (Fsp3) is 0.375. The van der Waals surface area contributed by atoms with Crippen molar-refractivity contribution in [3.8, 4) is 0 Å². The highest BCUT2D eigenvalue weighted by atomic mass is 19.1. The second kappa shape index (κ2) is 6.03. The third kappa shape index (κ3) is 2.64. The summed E-state index contributed by atoms with van der Waals surface area (Å²) < 4.78 is 19.1. The van der Waals surface area contributed by atoms with Crippen LogP contribution in [0.5, 0.6) is 0 Å². The Kier molecular flexibility index (Phi) is 4.04. The molecule has 8 heteroatoms. The predicted octanol–water partition coefficient (Wildman–Crippen LogP) is 2.13. The van der Waals surface area contributed by atoms with Gasteiger partial charge in [0.05, 0.1) is 0 Å². The quantitative estimate of drug-likeness (QED) is 0.847. The largest absolute Gasteiger partial charge is 0.337 e. The molecule has 126 valence electrons. The van der Waals surface area contributed by atoms with E-state index in [2.05, 4.69) is 15.5 Å². The number of hydrogen-bond donors (Lipinski definition) is 1. The summed E-state index contributed by atoms with van der Waals surface area (Å²) in [6, 6.07) is 5.23. The summed E-state index contributed by atoms with van der Waals surface area (Å²) in [6.07, 6.45) is 1.50. The van der Waals surface area contributed by atoms with Crippen LogP contribution >= 0.6 is 0 Å². The van der Waals surface area contributed by atoms with Gasteiger partial charge in [0.2, 0.25) is 5.89 Å². The fourth-order valence-electron chi connectivity index (χ4n) is 2.70. The average molecular weight is 332 g/mol. The van der Waals surface area contributed by atoms with E-state index >= 15 is 0 Å². The fourth-order valence-corrected chi connectivity index (χ4v) is 2.70. The van der Waals surface area contributed by atoms with Crippen molar-refractivity contribution in [2.75, 3.05) is 0 Å². The molecular formula is C16H17FN4O3. The molecule has 1 N–H and O–H groups in total. The minimum absolute atomic E-state index is 0.114. The van der Waals surface area contributed by atoms with E-state index in [0.717, 1.165) is 11.3 Å². The molecule has 0 saturated carbocycles. The van der Waals surface area contributed by atoms with E-state index in [-0.39, 0.29) is 18.0 Å². The lowest BCUT2D eigenvalue weighted by atomic mass is 9.91. The molecule has 7 nitrogen and oxygen atoms in total. The Bertz CT molecular complexity index is 791. The highest BCUT2D eigenvalue weighted by Gasteiger charge is 2.50. The number of aryl methyl sites for hydroxylation is 1. The maximum absolute atomic E-state index is 14.1. The zero-order valence-corrected chi connectivity index (χ0v) is 13.4. The van der Waals surface area contributed by atoms with Crippen molar-refractivity contribution in [3.05, 3.63) is 47.4 Å². The monoisotopic (exact) mass is 332 g/mol. The summed E-state index contributed by atoms with van der Waals surface area (Å²) in [5.41, 5.74) is -1.35. The maximum atomic E-state index is 14.1. The molecule has 2 aromatic rings. The molecule has 24 heavy (non-hydrogen) atoms. The van der Waals surface area contributed by atoms with Gasteiger partial charge in [-0.2, -0.15) is 4.98 Å². The number of urea groups is 1. The van der Waals surface area contributed by atoms with Crippen molar-refractivity contribution in [2.45, 2.75) is 38.8 Å². The van der Waals surface area contributed by atoms with E-state index in [1.165, 1.54) is 25.1 Å². The molecule has 1 aromatic heterocycles. The number of imide groups is 1. The molecule has 3 rings (SSSR count). The summed E-state index contributed by atoms with van der Waals surface area (Å²) in [4.78, 5) is 30.0. The number of benzene rings is 1. The molecule has 1 saturated heterocycles. The molecule has 0 aliphatic carbocycles. The van der Waals surface area contributed by atoms with Gasteiger partial charge < -0.3 is 9.84 Å². The molecule has 1 aliphatic rings. The van der Waals surface area contributed by atoms with E-state index in [4.69, 9.17) is 4.52 Å². The standard InChI is InChI=1S/C16H17FN4O3/c1-3-6-12-18-13(24-20-12)9-21-14(22)16(2,19-15(21)23)10-7-4-5-8-11(10)17/h4-5,7-8H,3,6,9H2,1-2H3,(H,19,23)/t16-/m1/s1. The second-order valence-corrected chi connectivity index (χ2v) is 5.78. The van der Waals surface area contributed by atoms with Crippen molar-refractivity contribution >= 4 is 11.9 Å². The molecule has 0 radical (unpaired) electrons. The molecular weight excluding hydrogens is 315 g/mol. The summed E-state index contributed by atoms with van der Waals surface area (Å²) >= 11 is 0. The molecule has 1 aliphatic heterocycles. The first-order valence-electron chi connectivity index (χ1n) is 7.66. The van der Waals surface area contributed by atoms with Crippen LogP contribution in [0.4, 0.5) is 9.18 Å². The minimum atomic E-state index is -1.46. The number of aromatic nitrogens is 2. The lowest BCUT2D eigenvalue weighted by molar-refractivity contribution is -0.131.